The van der Waals surface area contributed by atoms with Crippen molar-refractivity contribution in [2.45, 2.75) is 53.0 Å². The molecule has 0 aliphatic carbocycles. The average Bonchev–Trinajstić information content (AvgIpc) is 3.17. The Kier molecular flexibility index (Phi) is 4.91. The lowest BCUT2D eigenvalue weighted by atomic mass is 9.68. The highest BCUT2D eigenvalue weighted by Gasteiger charge is 2.64. The molecule has 0 saturated carbocycles. The summed E-state index contributed by atoms with van der Waals surface area (Å²) in [6.07, 6.45) is 2.12. The molecule has 2 saturated heterocycles. The predicted octanol–water partition coefficient (Wildman–Crippen LogP) is 3.30. The Hall–Kier alpha value is -2.37. The molecule has 3 aliphatic heterocycles. The van der Waals surface area contributed by atoms with Crippen LogP contribution in [0, 0.1) is 17.3 Å². The smallest absolute Gasteiger partial charge is 0.333 e. The molecule has 1 aromatic carbocycles. The fourth-order valence-corrected chi connectivity index (χ4v) is 5.31. The number of rotatable bonds is 4. The number of hydrogen-bond donors (Lipinski definition) is 0. The second-order valence-electron chi connectivity index (χ2n) is 9.53. The lowest BCUT2D eigenvalue weighted by Crippen LogP contribution is -2.72. The Labute approximate surface area is 172 Å². The first-order valence-corrected chi connectivity index (χ1v) is 10.8. The van der Waals surface area contributed by atoms with Crippen LogP contribution in [0.5, 0.6) is 0 Å². The van der Waals surface area contributed by atoms with E-state index in [1.165, 1.54) is 9.80 Å². The first-order chi connectivity index (χ1) is 13.8. The molecule has 0 N–H and O–H groups in total. The Morgan fingerprint density at radius 1 is 0.966 bits per heavy atom. The molecule has 0 aromatic heterocycles. The Morgan fingerprint density at radius 3 is 2.14 bits per heavy atom. The summed E-state index contributed by atoms with van der Waals surface area (Å²) in [5.41, 5.74) is 0.947. The van der Waals surface area contributed by atoms with Crippen molar-refractivity contribution in [3.8, 4) is 0 Å². The zero-order chi connectivity index (χ0) is 20.9. The highest BCUT2D eigenvalue weighted by molar-refractivity contribution is 6.20. The van der Waals surface area contributed by atoms with E-state index in [1.54, 1.807) is 0 Å². The number of hydrogen-bond acceptors (Lipinski definition) is 4. The molecule has 29 heavy (non-hydrogen) atoms. The highest BCUT2D eigenvalue weighted by atomic mass is 16.2. The number of barbiturate groups is 1. The number of nitrogens with zero attached hydrogens (tertiary/aromatic N) is 3. The third kappa shape index (κ3) is 2.95. The summed E-state index contributed by atoms with van der Waals surface area (Å²) in [6.45, 7) is 9.50. The standard InChI is InChI=1S/C23H31N3O3/c1-15(2)13-25-20(27)23(21(28)26(22(25)29)14-16(3)4)12-17-8-5-6-9-18(17)24-11-7-10-19(23)24/h5-6,8-9,15-16,19H,7,10-14H2,1-4H3/t19-/m0/s1. The normalized spacial score (nSPS) is 23.4. The summed E-state index contributed by atoms with van der Waals surface area (Å²) in [6, 6.07) is 7.44. The zero-order valence-corrected chi connectivity index (χ0v) is 17.9. The Balaban J connectivity index is 1.86. The van der Waals surface area contributed by atoms with Crippen LogP contribution < -0.4 is 4.90 Å². The van der Waals surface area contributed by atoms with Crippen molar-refractivity contribution in [1.82, 2.24) is 9.80 Å². The third-order valence-corrected chi connectivity index (χ3v) is 6.40. The minimum Gasteiger partial charge on any atom is -0.367 e. The zero-order valence-electron chi connectivity index (χ0n) is 17.9. The van der Waals surface area contributed by atoms with Gasteiger partial charge in [-0.1, -0.05) is 45.9 Å². The van der Waals surface area contributed by atoms with E-state index in [-0.39, 0.29) is 29.7 Å². The van der Waals surface area contributed by atoms with Crippen LogP contribution in [0.2, 0.25) is 0 Å². The first-order valence-electron chi connectivity index (χ1n) is 10.8. The summed E-state index contributed by atoms with van der Waals surface area (Å²) in [5.74, 6) is -0.311. The van der Waals surface area contributed by atoms with Crippen LogP contribution in [0.3, 0.4) is 0 Å². The quantitative estimate of drug-likeness (QED) is 0.732. The van der Waals surface area contributed by atoms with E-state index >= 15 is 0 Å². The van der Waals surface area contributed by atoms with Gasteiger partial charge >= 0.3 is 6.03 Å². The van der Waals surface area contributed by atoms with Crippen LogP contribution in [-0.2, 0) is 16.0 Å². The maximum Gasteiger partial charge on any atom is 0.333 e. The highest BCUT2D eigenvalue weighted by Crippen LogP contribution is 2.49. The van der Waals surface area contributed by atoms with E-state index in [1.807, 2.05) is 45.9 Å². The topological polar surface area (TPSA) is 60.9 Å². The average molecular weight is 398 g/mol. The third-order valence-electron chi connectivity index (χ3n) is 6.40. The van der Waals surface area contributed by atoms with Gasteiger partial charge in [-0.3, -0.25) is 19.4 Å². The minimum absolute atomic E-state index is 0.143. The molecule has 6 nitrogen and oxygen atoms in total. The molecule has 4 amide bonds. The van der Waals surface area contributed by atoms with Gasteiger partial charge < -0.3 is 4.90 Å². The Bertz CT molecular complexity index is 816. The molecule has 3 heterocycles. The van der Waals surface area contributed by atoms with Crippen LogP contribution >= 0.6 is 0 Å². The molecular weight excluding hydrogens is 366 g/mol. The van der Waals surface area contributed by atoms with Gasteiger partial charge in [-0.15, -0.1) is 0 Å². The van der Waals surface area contributed by atoms with E-state index in [9.17, 15) is 14.4 Å². The molecule has 3 aliphatic rings. The van der Waals surface area contributed by atoms with Crippen molar-refractivity contribution in [1.29, 1.82) is 0 Å². The van der Waals surface area contributed by atoms with Crippen LogP contribution in [0.4, 0.5) is 10.5 Å². The summed E-state index contributed by atoms with van der Waals surface area (Å²) >= 11 is 0. The second kappa shape index (κ2) is 7.15. The fraction of sp³-hybridized carbons (Fsp3) is 0.609. The van der Waals surface area contributed by atoms with E-state index in [4.69, 9.17) is 0 Å². The number of amides is 4. The van der Waals surface area contributed by atoms with Gasteiger partial charge in [-0.25, -0.2) is 4.79 Å². The molecule has 1 atom stereocenters. The van der Waals surface area contributed by atoms with Gasteiger partial charge in [-0.2, -0.15) is 0 Å². The Morgan fingerprint density at radius 2 is 1.55 bits per heavy atom. The van der Waals surface area contributed by atoms with Crippen molar-refractivity contribution >= 4 is 23.5 Å². The number of carbonyl (C=O) groups excluding carboxylic acids is 3. The largest absolute Gasteiger partial charge is 0.367 e. The molecule has 0 unspecified atom stereocenters. The molecule has 1 aromatic rings. The monoisotopic (exact) mass is 397 g/mol. The molecule has 4 rings (SSSR count). The molecule has 2 fully saturated rings. The molecule has 156 valence electrons. The molecule has 6 heteroatoms. The van der Waals surface area contributed by atoms with Crippen LogP contribution in [0.1, 0.15) is 46.1 Å². The first kappa shape index (κ1) is 19.9. The molecule has 0 radical (unpaired) electrons. The summed E-state index contributed by atoms with van der Waals surface area (Å²) < 4.78 is 0. The summed E-state index contributed by atoms with van der Waals surface area (Å²) in [5, 5.41) is 0. The number of benzene rings is 1. The van der Waals surface area contributed by atoms with E-state index in [0.29, 0.717) is 19.5 Å². The van der Waals surface area contributed by atoms with Gasteiger partial charge in [0.25, 0.3) is 0 Å². The van der Waals surface area contributed by atoms with Crippen molar-refractivity contribution in [3.05, 3.63) is 29.8 Å². The maximum absolute atomic E-state index is 13.9. The van der Waals surface area contributed by atoms with E-state index < -0.39 is 11.4 Å². The lowest BCUT2D eigenvalue weighted by molar-refractivity contribution is -0.161. The van der Waals surface area contributed by atoms with Gasteiger partial charge in [0.05, 0.1) is 6.04 Å². The fourth-order valence-electron chi connectivity index (χ4n) is 5.31. The molecular formula is C23H31N3O3. The lowest BCUT2D eigenvalue weighted by Gasteiger charge is -2.52. The number of urea groups is 1. The minimum atomic E-state index is -1.21. The van der Waals surface area contributed by atoms with Crippen LogP contribution in [0.15, 0.2) is 24.3 Å². The van der Waals surface area contributed by atoms with Gasteiger partial charge in [0.2, 0.25) is 11.8 Å². The van der Waals surface area contributed by atoms with Crippen LogP contribution in [-0.4, -0.2) is 53.3 Å². The van der Waals surface area contributed by atoms with Gasteiger partial charge in [0, 0.05) is 25.3 Å². The van der Waals surface area contributed by atoms with Crippen molar-refractivity contribution < 1.29 is 14.4 Å². The predicted molar refractivity (Wildman–Crippen MR) is 111 cm³/mol. The maximum atomic E-state index is 13.9. The van der Waals surface area contributed by atoms with E-state index in [0.717, 1.165) is 30.6 Å². The van der Waals surface area contributed by atoms with Gasteiger partial charge in [0.1, 0.15) is 0 Å². The number of fused-ring (bicyclic) bond motifs is 4. The van der Waals surface area contributed by atoms with Crippen molar-refractivity contribution in [2.75, 3.05) is 24.5 Å². The van der Waals surface area contributed by atoms with Gasteiger partial charge in [0.15, 0.2) is 5.41 Å². The number of para-hydroxylation sites is 1. The summed E-state index contributed by atoms with van der Waals surface area (Å²) in [4.78, 5) is 45.9. The van der Waals surface area contributed by atoms with Crippen LogP contribution in [0.25, 0.3) is 0 Å². The number of anilines is 1. The molecule has 1 spiro atoms. The van der Waals surface area contributed by atoms with E-state index in [2.05, 4.69) is 11.0 Å². The van der Waals surface area contributed by atoms with Crippen molar-refractivity contribution in [3.63, 3.8) is 0 Å². The number of imide groups is 2. The molecule has 0 bridgehead atoms. The second-order valence-corrected chi connectivity index (χ2v) is 9.53. The van der Waals surface area contributed by atoms with Gasteiger partial charge in [-0.05, 0) is 42.7 Å². The number of carbonyl (C=O) groups is 3. The van der Waals surface area contributed by atoms with Crippen molar-refractivity contribution in [2.24, 2.45) is 17.3 Å². The summed E-state index contributed by atoms with van der Waals surface area (Å²) in [7, 11) is 0. The SMILES string of the molecule is CC(C)CN1C(=O)N(CC(C)C)C(=O)C2(Cc3ccccc3N3CCC[C@H]32)C1=O.